The molecule has 0 radical (unpaired) electrons. The van der Waals surface area contributed by atoms with Crippen LogP contribution in [-0.4, -0.2) is 99.8 Å². The number of benzene rings is 6. The van der Waals surface area contributed by atoms with Gasteiger partial charge in [0.25, 0.3) is 0 Å². The quantitative estimate of drug-likeness (QED) is 0.0401. The zero-order valence-electron chi connectivity index (χ0n) is 39.3. The van der Waals surface area contributed by atoms with Crippen molar-refractivity contribution in [3.63, 3.8) is 0 Å². The number of nitrogens with zero attached hydrogens (tertiary/aromatic N) is 4. The van der Waals surface area contributed by atoms with Crippen LogP contribution in [0, 0.1) is 21.6 Å². The van der Waals surface area contributed by atoms with E-state index in [1.807, 2.05) is 105 Å². The van der Waals surface area contributed by atoms with Crippen molar-refractivity contribution in [2.24, 2.45) is 0 Å². The smallest absolute Gasteiger partial charge is 0.195 e. The lowest BCUT2D eigenvalue weighted by atomic mass is 9.76. The maximum absolute atomic E-state index is 8.59. The molecule has 1 aliphatic rings. The minimum Gasteiger partial charge on any atom is -0.455 e. The number of para-hydroxylation sites is 2. The molecule has 0 unspecified atom stereocenters. The van der Waals surface area contributed by atoms with E-state index >= 15 is 0 Å². The standard InChI is InChI=1S/C51H60N12OP2/c1-51(2)41-25-15-27-43(65(37-21-11-17-33(29-37)56-47(52)60(3)4)38-22-12-18-34(30-38)57-48(53)61(5)6)45(41)64-46-42(51)26-16-28-44(46)66(39-23-13-19-35(31-39)58-49(54)62(7)8)40-24-14-20-36(32-40)59-50(55)63(9)10/h11-32H,1-10H3,(H2,52,56)(H2,53,57)(H2,54,58)(H2,55,59). The monoisotopic (exact) mass is 918 g/mol. The molecule has 15 heteroatoms. The molecule has 1 aliphatic heterocycles. The maximum atomic E-state index is 8.59. The average molecular weight is 919 g/mol. The molecule has 13 nitrogen and oxygen atoms in total. The molecule has 0 aromatic heterocycles. The highest BCUT2D eigenvalue weighted by molar-refractivity contribution is 7.80. The Morgan fingerprint density at radius 3 is 0.924 bits per heavy atom. The molecule has 0 amide bonds. The van der Waals surface area contributed by atoms with Crippen LogP contribution in [0.25, 0.3) is 0 Å². The molecule has 0 saturated heterocycles. The minimum absolute atomic E-state index is 0.280. The van der Waals surface area contributed by atoms with Crippen LogP contribution in [0.1, 0.15) is 25.0 Å². The second-order valence-electron chi connectivity index (χ2n) is 17.4. The minimum atomic E-state index is -1.29. The average Bonchev–Trinajstić information content (AvgIpc) is 3.27. The number of rotatable bonds is 10. The molecule has 1 heterocycles. The zero-order valence-corrected chi connectivity index (χ0v) is 41.1. The van der Waals surface area contributed by atoms with Gasteiger partial charge >= 0.3 is 0 Å². The van der Waals surface area contributed by atoms with Gasteiger partial charge in [0.2, 0.25) is 0 Å². The first-order chi connectivity index (χ1) is 31.4. The summed E-state index contributed by atoms with van der Waals surface area (Å²) in [6.07, 6.45) is 0. The van der Waals surface area contributed by atoms with Crippen molar-refractivity contribution >= 4 is 94.3 Å². The zero-order chi connectivity index (χ0) is 47.4. The van der Waals surface area contributed by atoms with E-state index in [0.717, 1.165) is 77.2 Å². The fourth-order valence-electron chi connectivity index (χ4n) is 7.59. The topological polar surface area (TPSA) is 166 Å². The molecule has 0 spiro atoms. The summed E-state index contributed by atoms with van der Waals surface area (Å²) in [5.74, 6) is 2.74. The third-order valence-electron chi connectivity index (χ3n) is 11.3. The molecule has 0 bridgehead atoms. The van der Waals surface area contributed by atoms with Crippen molar-refractivity contribution in [3.8, 4) is 11.5 Å². The SMILES string of the molecule is CN(C)C(=N)Nc1cccc(P(c2cccc(NC(=N)N(C)C)c2)c2cccc3c2Oc2c(P(c4cccc(NC(=N)N(C)C)c4)c4cccc(NC(=N)N(C)C)c4)cccc2C3(C)C)c1. The van der Waals surface area contributed by atoms with Crippen molar-refractivity contribution in [1.82, 2.24) is 19.6 Å². The molecule has 0 saturated carbocycles. The summed E-state index contributed by atoms with van der Waals surface area (Å²) in [4.78, 5) is 6.95. The highest BCUT2D eigenvalue weighted by Gasteiger charge is 2.39. The van der Waals surface area contributed by atoms with Crippen molar-refractivity contribution < 1.29 is 4.74 Å². The van der Waals surface area contributed by atoms with Gasteiger partial charge in [-0.2, -0.15) is 0 Å². The van der Waals surface area contributed by atoms with Crippen LogP contribution in [0.5, 0.6) is 11.5 Å². The van der Waals surface area contributed by atoms with E-state index in [4.69, 9.17) is 26.4 Å². The normalized spacial score (nSPS) is 13.1. The van der Waals surface area contributed by atoms with Crippen molar-refractivity contribution in [1.29, 1.82) is 21.6 Å². The van der Waals surface area contributed by atoms with E-state index in [-0.39, 0.29) is 23.8 Å². The molecule has 0 fully saturated rings. The Balaban J connectivity index is 1.43. The third-order valence-corrected chi connectivity index (χ3v) is 16.1. The predicted octanol–water partition coefficient (Wildman–Crippen LogP) is 7.27. The van der Waals surface area contributed by atoms with E-state index in [2.05, 4.69) is 120 Å². The van der Waals surface area contributed by atoms with Crippen molar-refractivity contribution in [2.45, 2.75) is 19.3 Å². The first kappa shape index (κ1) is 47.0. The van der Waals surface area contributed by atoms with Gasteiger partial charge in [-0.3, -0.25) is 21.6 Å². The summed E-state index contributed by atoms with van der Waals surface area (Å²) in [7, 11) is 12.2. The van der Waals surface area contributed by atoms with Gasteiger partial charge in [-0.25, -0.2) is 0 Å². The Kier molecular flexibility index (Phi) is 14.0. The lowest BCUT2D eigenvalue weighted by Gasteiger charge is -2.38. The number of ether oxygens (including phenoxy) is 1. The van der Waals surface area contributed by atoms with Gasteiger partial charge < -0.3 is 45.6 Å². The molecule has 0 atom stereocenters. The van der Waals surface area contributed by atoms with Crippen LogP contribution < -0.4 is 57.8 Å². The van der Waals surface area contributed by atoms with Gasteiger partial charge in [0.05, 0.1) is 0 Å². The summed E-state index contributed by atoms with van der Waals surface area (Å²) >= 11 is 0. The number of hydrogen-bond acceptors (Lipinski definition) is 5. The Hall–Kier alpha value is -6.94. The van der Waals surface area contributed by atoms with Gasteiger partial charge in [-0.1, -0.05) is 98.8 Å². The largest absolute Gasteiger partial charge is 0.455 e. The second-order valence-corrected chi connectivity index (χ2v) is 21.7. The van der Waals surface area contributed by atoms with Gasteiger partial charge in [0.1, 0.15) is 11.5 Å². The molecular weight excluding hydrogens is 859 g/mol. The Morgan fingerprint density at radius 2 is 0.667 bits per heavy atom. The number of nitrogens with one attached hydrogen (secondary N) is 8. The van der Waals surface area contributed by atoms with Crippen LogP contribution >= 0.6 is 15.8 Å². The highest BCUT2D eigenvalue weighted by Crippen LogP contribution is 2.52. The van der Waals surface area contributed by atoms with E-state index < -0.39 is 21.3 Å². The van der Waals surface area contributed by atoms with Gasteiger partial charge in [-0.05, 0) is 85.6 Å². The summed E-state index contributed by atoms with van der Waals surface area (Å²) in [6.45, 7) is 4.55. The number of fused-ring (bicyclic) bond motifs is 2. The Labute approximate surface area is 391 Å². The number of hydrogen-bond donors (Lipinski definition) is 8. The predicted molar refractivity (Wildman–Crippen MR) is 283 cm³/mol. The van der Waals surface area contributed by atoms with E-state index in [9.17, 15) is 0 Å². The molecule has 66 heavy (non-hydrogen) atoms. The summed E-state index contributed by atoms with van der Waals surface area (Å²) < 4.78 is 7.54. The van der Waals surface area contributed by atoms with Gasteiger partial charge in [0.15, 0.2) is 23.8 Å². The Bertz CT molecular complexity index is 2490. The van der Waals surface area contributed by atoms with E-state index in [1.54, 1.807) is 19.6 Å². The van der Waals surface area contributed by atoms with Crippen molar-refractivity contribution in [3.05, 3.63) is 145 Å². The molecule has 6 aromatic carbocycles. The van der Waals surface area contributed by atoms with Crippen LogP contribution in [0.4, 0.5) is 22.7 Å². The molecule has 6 aromatic rings. The fourth-order valence-corrected chi connectivity index (χ4v) is 12.5. The van der Waals surface area contributed by atoms with Crippen LogP contribution in [0.15, 0.2) is 133 Å². The highest BCUT2D eigenvalue weighted by atomic mass is 31.1. The first-order valence-electron chi connectivity index (χ1n) is 21.5. The van der Waals surface area contributed by atoms with Crippen LogP contribution in [0.2, 0.25) is 0 Å². The number of anilines is 4. The molecule has 8 N–H and O–H groups in total. The molecular formula is C51H60N12OP2. The maximum Gasteiger partial charge on any atom is 0.195 e. The molecule has 340 valence electrons. The van der Waals surface area contributed by atoms with Gasteiger partial charge in [-0.15, -0.1) is 0 Å². The fraction of sp³-hybridized carbons (Fsp3) is 0.216. The molecule has 0 aliphatic carbocycles. The van der Waals surface area contributed by atoms with E-state index in [1.165, 1.54) is 0 Å². The van der Waals surface area contributed by atoms with E-state index in [0.29, 0.717) is 0 Å². The van der Waals surface area contributed by atoms with Crippen LogP contribution in [-0.2, 0) is 5.41 Å². The van der Waals surface area contributed by atoms with Gasteiger partial charge in [0, 0.05) is 106 Å². The lowest BCUT2D eigenvalue weighted by Crippen LogP contribution is -2.33. The summed E-state index contributed by atoms with van der Waals surface area (Å²) in [6, 6.07) is 46.2. The first-order valence-corrected chi connectivity index (χ1v) is 24.2. The summed E-state index contributed by atoms with van der Waals surface area (Å²) in [5.41, 5.74) is 4.91. The Morgan fingerprint density at radius 1 is 0.409 bits per heavy atom. The lowest BCUT2D eigenvalue weighted by molar-refractivity contribution is 0.425. The van der Waals surface area contributed by atoms with Crippen LogP contribution in [0.3, 0.4) is 0 Å². The second kappa shape index (κ2) is 19.7. The number of guanidine groups is 4. The third kappa shape index (κ3) is 10.1. The van der Waals surface area contributed by atoms with Crippen molar-refractivity contribution in [2.75, 3.05) is 77.6 Å². The molecule has 7 rings (SSSR count). The summed E-state index contributed by atoms with van der Waals surface area (Å²) in [5, 5.41) is 53.8.